The molecule has 5 nitrogen and oxygen atoms in total. The molecule has 1 aliphatic heterocycles. The van der Waals surface area contributed by atoms with E-state index < -0.39 is 0 Å². The average Bonchev–Trinajstić information content (AvgIpc) is 2.92. The van der Waals surface area contributed by atoms with Crippen molar-refractivity contribution in [1.82, 2.24) is 9.97 Å². The van der Waals surface area contributed by atoms with Crippen molar-refractivity contribution in [3.63, 3.8) is 0 Å². The molecule has 3 aromatic rings. The predicted molar refractivity (Wildman–Crippen MR) is 85.2 cm³/mol. The highest BCUT2D eigenvalue weighted by atomic mass is 16.3. The van der Waals surface area contributed by atoms with Crippen molar-refractivity contribution in [3.8, 4) is 5.75 Å². The molecule has 0 unspecified atom stereocenters. The van der Waals surface area contributed by atoms with Crippen LogP contribution in [0.25, 0.3) is 10.9 Å². The van der Waals surface area contributed by atoms with Gasteiger partial charge in [0, 0.05) is 12.2 Å². The number of aromatic hydroxyl groups is 1. The number of aromatic nitrogens is 2. The van der Waals surface area contributed by atoms with Gasteiger partial charge in [-0.15, -0.1) is 0 Å². The molecule has 0 aliphatic carbocycles. The largest absolute Gasteiger partial charge is 0.508 e. The molecule has 2 aromatic carbocycles. The fraction of sp³-hybridized carbons (Fsp3) is 0.176. The van der Waals surface area contributed by atoms with Gasteiger partial charge in [0.25, 0.3) is 5.56 Å². The number of para-hydroxylation sites is 1. The summed E-state index contributed by atoms with van der Waals surface area (Å²) in [5, 5.41) is 9.88. The Labute approximate surface area is 126 Å². The third kappa shape index (κ3) is 2.11. The number of hydrogen-bond donors (Lipinski definition) is 2. The Hall–Kier alpha value is -2.82. The molecule has 0 spiro atoms. The highest BCUT2D eigenvalue weighted by Crippen LogP contribution is 2.28. The molecule has 1 aromatic heterocycles. The Morgan fingerprint density at radius 1 is 1.23 bits per heavy atom. The number of phenolic OH excluding ortho intramolecular Hbond substituents is 1. The van der Waals surface area contributed by atoms with E-state index in [1.165, 1.54) is 17.3 Å². The summed E-state index contributed by atoms with van der Waals surface area (Å²) in [7, 11) is 0. The van der Waals surface area contributed by atoms with Crippen molar-refractivity contribution in [2.24, 2.45) is 0 Å². The first kappa shape index (κ1) is 12.9. The summed E-state index contributed by atoms with van der Waals surface area (Å²) in [5.41, 5.74) is 2.92. The Balaban J connectivity index is 1.71. The molecule has 22 heavy (non-hydrogen) atoms. The average molecular weight is 293 g/mol. The van der Waals surface area contributed by atoms with Gasteiger partial charge < -0.3 is 15.0 Å². The normalized spacial score (nSPS) is 13.5. The van der Waals surface area contributed by atoms with E-state index in [2.05, 4.69) is 27.0 Å². The summed E-state index contributed by atoms with van der Waals surface area (Å²) >= 11 is 0. The smallest absolute Gasteiger partial charge is 0.258 e. The number of nitrogens with zero attached hydrogens (tertiary/aromatic N) is 2. The van der Waals surface area contributed by atoms with Crippen LogP contribution in [0.4, 0.5) is 5.69 Å². The number of aromatic amines is 1. The number of nitrogens with one attached hydrogen (secondary N) is 1. The van der Waals surface area contributed by atoms with Crippen LogP contribution in [0.5, 0.6) is 5.75 Å². The number of benzene rings is 2. The molecule has 0 atom stereocenters. The maximum atomic E-state index is 12.1. The molecule has 2 N–H and O–H groups in total. The molecule has 110 valence electrons. The molecule has 0 fully saturated rings. The first-order chi connectivity index (χ1) is 10.7. The molecular formula is C17H15N3O2. The summed E-state index contributed by atoms with van der Waals surface area (Å²) in [6.45, 7) is 1.50. The van der Waals surface area contributed by atoms with E-state index in [1.807, 2.05) is 12.1 Å². The predicted octanol–water partition coefficient (Wildman–Crippen LogP) is 2.19. The van der Waals surface area contributed by atoms with Gasteiger partial charge in [0.05, 0.1) is 17.4 Å². The summed E-state index contributed by atoms with van der Waals surface area (Å²) in [5.74, 6) is 0.709. The molecule has 4 rings (SSSR count). The van der Waals surface area contributed by atoms with Crippen molar-refractivity contribution >= 4 is 16.6 Å². The van der Waals surface area contributed by atoms with Crippen molar-refractivity contribution in [2.75, 3.05) is 11.4 Å². The van der Waals surface area contributed by atoms with Gasteiger partial charge >= 0.3 is 0 Å². The second-order valence-corrected chi connectivity index (χ2v) is 5.51. The molecule has 2 heterocycles. The van der Waals surface area contributed by atoms with E-state index in [1.54, 1.807) is 12.1 Å². The molecular weight excluding hydrogens is 278 g/mol. The second-order valence-electron chi connectivity index (χ2n) is 5.51. The summed E-state index contributed by atoms with van der Waals surface area (Å²) in [4.78, 5) is 21.7. The van der Waals surface area contributed by atoms with Crippen LogP contribution in [-0.4, -0.2) is 21.6 Å². The monoisotopic (exact) mass is 293 g/mol. The molecule has 0 bridgehead atoms. The van der Waals surface area contributed by atoms with Crippen LogP contribution in [0.3, 0.4) is 0 Å². The van der Waals surface area contributed by atoms with E-state index in [-0.39, 0.29) is 11.3 Å². The molecule has 0 saturated heterocycles. The van der Waals surface area contributed by atoms with Crippen molar-refractivity contribution in [1.29, 1.82) is 0 Å². The van der Waals surface area contributed by atoms with Gasteiger partial charge in [-0.25, -0.2) is 4.98 Å². The zero-order valence-electron chi connectivity index (χ0n) is 11.9. The van der Waals surface area contributed by atoms with Gasteiger partial charge in [-0.3, -0.25) is 4.79 Å². The highest BCUT2D eigenvalue weighted by molar-refractivity contribution is 5.79. The lowest BCUT2D eigenvalue weighted by atomic mass is 10.2. The van der Waals surface area contributed by atoms with Gasteiger partial charge in [0.2, 0.25) is 0 Å². The SMILES string of the molecule is O=c1[nH]c(CN2CCc3ccccc32)nc2ccc(O)cc12. The molecule has 0 radical (unpaired) electrons. The van der Waals surface area contributed by atoms with E-state index in [4.69, 9.17) is 0 Å². The number of H-pyrrole nitrogens is 1. The summed E-state index contributed by atoms with van der Waals surface area (Å²) in [6.07, 6.45) is 1.02. The zero-order valence-corrected chi connectivity index (χ0v) is 11.9. The van der Waals surface area contributed by atoms with Gasteiger partial charge in [-0.05, 0) is 36.2 Å². The number of anilines is 1. The topological polar surface area (TPSA) is 69.2 Å². The molecule has 1 aliphatic rings. The Morgan fingerprint density at radius 3 is 3.00 bits per heavy atom. The maximum Gasteiger partial charge on any atom is 0.258 e. The zero-order chi connectivity index (χ0) is 15.1. The van der Waals surface area contributed by atoms with Gasteiger partial charge in [-0.1, -0.05) is 18.2 Å². The standard InChI is InChI=1S/C17H15N3O2/c21-12-5-6-14-13(9-12)17(22)19-16(18-14)10-20-8-7-11-3-1-2-4-15(11)20/h1-6,9,21H,7-8,10H2,(H,18,19,22). The lowest BCUT2D eigenvalue weighted by Crippen LogP contribution is -2.23. The van der Waals surface area contributed by atoms with Gasteiger partial charge in [0.1, 0.15) is 11.6 Å². The quantitative estimate of drug-likeness (QED) is 0.760. The number of phenols is 1. The van der Waals surface area contributed by atoms with Crippen LogP contribution in [0.1, 0.15) is 11.4 Å². The number of hydrogen-bond acceptors (Lipinski definition) is 4. The summed E-state index contributed by atoms with van der Waals surface area (Å²) < 4.78 is 0. The maximum absolute atomic E-state index is 12.1. The Bertz CT molecular complexity index is 917. The fourth-order valence-corrected chi connectivity index (χ4v) is 3.00. The first-order valence-electron chi connectivity index (χ1n) is 7.25. The summed E-state index contributed by atoms with van der Waals surface area (Å²) in [6, 6.07) is 13.0. The second kappa shape index (κ2) is 4.87. The number of fused-ring (bicyclic) bond motifs is 2. The lowest BCUT2D eigenvalue weighted by Gasteiger charge is -2.18. The van der Waals surface area contributed by atoms with E-state index >= 15 is 0 Å². The third-order valence-corrected chi connectivity index (χ3v) is 4.06. The van der Waals surface area contributed by atoms with Crippen LogP contribution in [0.2, 0.25) is 0 Å². The molecule has 0 amide bonds. The van der Waals surface area contributed by atoms with Crippen molar-refractivity contribution in [3.05, 3.63) is 64.2 Å². The first-order valence-corrected chi connectivity index (χ1v) is 7.25. The van der Waals surface area contributed by atoms with Crippen molar-refractivity contribution in [2.45, 2.75) is 13.0 Å². The van der Waals surface area contributed by atoms with Gasteiger partial charge in [0.15, 0.2) is 0 Å². The minimum atomic E-state index is -0.219. The molecule has 0 saturated carbocycles. The Kier molecular flexibility index (Phi) is 2.85. The van der Waals surface area contributed by atoms with E-state index in [0.717, 1.165) is 13.0 Å². The van der Waals surface area contributed by atoms with Crippen molar-refractivity contribution < 1.29 is 5.11 Å². The Morgan fingerprint density at radius 2 is 2.09 bits per heavy atom. The highest BCUT2D eigenvalue weighted by Gasteiger charge is 2.19. The van der Waals surface area contributed by atoms with E-state index in [0.29, 0.717) is 23.3 Å². The number of rotatable bonds is 2. The third-order valence-electron chi connectivity index (χ3n) is 4.06. The molecule has 5 heteroatoms. The van der Waals surface area contributed by atoms with Crippen LogP contribution < -0.4 is 10.5 Å². The fourth-order valence-electron chi connectivity index (χ4n) is 3.00. The van der Waals surface area contributed by atoms with Crippen LogP contribution in [0, 0.1) is 0 Å². The van der Waals surface area contributed by atoms with Crippen LogP contribution in [-0.2, 0) is 13.0 Å². The lowest BCUT2D eigenvalue weighted by molar-refractivity contribution is 0.476. The van der Waals surface area contributed by atoms with Crippen LogP contribution in [0.15, 0.2) is 47.3 Å². The minimum absolute atomic E-state index is 0.0704. The minimum Gasteiger partial charge on any atom is -0.508 e. The van der Waals surface area contributed by atoms with E-state index in [9.17, 15) is 9.90 Å². The van der Waals surface area contributed by atoms with Crippen LogP contribution >= 0.6 is 0 Å². The van der Waals surface area contributed by atoms with Gasteiger partial charge in [-0.2, -0.15) is 0 Å².